The molecule has 2 nitrogen and oxygen atoms in total. The lowest BCUT2D eigenvalue weighted by atomic mass is 10.1. The lowest BCUT2D eigenvalue weighted by Crippen LogP contribution is -2.24. The van der Waals surface area contributed by atoms with Crippen molar-refractivity contribution in [1.29, 1.82) is 0 Å². The minimum Gasteiger partial charge on any atom is -0.356 e. The van der Waals surface area contributed by atoms with E-state index in [0.29, 0.717) is 4.57 Å². The molecule has 0 saturated heterocycles. The Morgan fingerprint density at radius 1 is 0.964 bits per heavy atom. The molecule has 0 radical (unpaired) electrons. The van der Waals surface area contributed by atoms with Crippen molar-refractivity contribution in [2.75, 3.05) is 0 Å². The summed E-state index contributed by atoms with van der Waals surface area (Å²) in [5.74, 6) is 0. The van der Waals surface area contributed by atoms with Gasteiger partial charge in [0.1, 0.15) is 17.5 Å². The largest absolute Gasteiger partial charge is 0.432 e. The number of alkyl halides is 6. The number of ether oxygens (including phenoxy) is 1. The molecule has 0 aliphatic rings. The summed E-state index contributed by atoms with van der Waals surface area (Å²) in [4.78, 5) is 0. The Hall–Kier alpha value is -0.900. The second kappa shape index (κ2) is 8.08. The summed E-state index contributed by atoms with van der Waals surface area (Å²) in [6.45, 7) is 4.36. The first kappa shape index (κ1) is 23.4. The average Bonchev–Trinajstić information content (AvgIpc) is 2.83. The van der Waals surface area contributed by atoms with Crippen molar-refractivity contribution in [3.63, 3.8) is 0 Å². The number of hydrogen-bond acceptors (Lipinski definition) is 1. The fourth-order valence-corrected chi connectivity index (χ4v) is 3.96. The van der Waals surface area contributed by atoms with E-state index in [2.05, 4.69) is 15.9 Å². The Labute approximate surface area is 175 Å². The van der Waals surface area contributed by atoms with E-state index in [1.54, 1.807) is 13.8 Å². The molecule has 0 amide bonds. The third-order valence-electron chi connectivity index (χ3n) is 3.72. The summed E-state index contributed by atoms with van der Waals surface area (Å²) in [7, 11) is 0. The van der Waals surface area contributed by atoms with Gasteiger partial charge in [0.25, 0.3) is 0 Å². The number of nitrogens with zero attached hydrogens (tertiary/aromatic N) is 1. The van der Waals surface area contributed by atoms with Crippen LogP contribution in [0.1, 0.15) is 38.3 Å². The van der Waals surface area contributed by atoms with Gasteiger partial charge >= 0.3 is 12.4 Å². The maximum absolute atomic E-state index is 13.7. The van der Waals surface area contributed by atoms with Gasteiger partial charge in [0, 0.05) is 5.56 Å². The van der Waals surface area contributed by atoms with Crippen molar-refractivity contribution in [2.45, 2.75) is 45.5 Å². The zero-order chi connectivity index (χ0) is 21.6. The first-order valence-electron chi connectivity index (χ1n) is 7.85. The van der Waals surface area contributed by atoms with Crippen molar-refractivity contribution in [3.05, 3.63) is 44.0 Å². The SMILES string of the molecule is CC(C)OC(C)n1c(-c2ccc(Cl)c(Cl)c2)c(Br)c(C(F)(F)F)c1C(F)(F)F. The maximum Gasteiger partial charge on any atom is 0.432 e. The standard InChI is InChI=1S/C17H14BrCl2F6NO/c1-7(2)28-8(3)27-14(9-4-5-10(19)11(20)6-9)13(18)12(16(21,22)23)15(27)17(24,25)26/h4-8H,1-3H3. The van der Waals surface area contributed by atoms with Crippen LogP contribution < -0.4 is 0 Å². The summed E-state index contributed by atoms with van der Waals surface area (Å²) in [6, 6.07) is 3.77. The minimum atomic E-state index is -5.30. The van der Waals surface area contributed by atoms with Gasteiger partial charge in [-0.05, 0) is 48.8 Å². The van der Waals surface area contributed by atoms with Gasteiger partial charge in [0.2, 0.25) is 0 Å². The second-order valence-electron chi connectivity index (χ2n) is 6.16. The van der Waals surface area contributed by atoms with E-state index in [0.717, 1.165) is 0 Å². The lowest BCUT2D eigenvalue weighted by Gasteiger charge is -2.24. The Bertz CT molecular complexity index is 876. The summed E-state index contributed by atoms with van der Waals surface area (Å²) < 4.78 is 87.1. The Morgan fingerprint density at radius 3 is 1.96 bits per heavy atom. The van der Waals surface area contributed by atoms with Crippen molar-refractivity contribution in [3.8, 4) is 11.3 Å². The predicted molar refractivity (Wildman–Crippen MR) is 98.5 cm³/mol. The van der Waals surface area contributed by atoms with E-state index in [4.69, 9.17) is 27.9 Å². The highest BCUT2D eigenvalue weighted by atomic mass is 79.9. The number of aromatic nitrogens is 1. The molecule has 2 rings (SSSR count). The Balaban J connectivity index is 2.97. The van der Waals surface area contributed by atoms with Gasteiger partial charge in [0.15, 0.2) is 0 Å². The first-order chi connectivity index (χ1) is 12.7. The van der Waals surface area contributed by atoms with Crippen LogP contribution in [0.15, 0.2) is 22.7 Å². The molecule has 1 aromatic carbocycles. The number of benzene rings is 1. The van der Waals surface area contributed by atoms with Gasteiger partial charge in [-0.3, -0.25) is 0 Å². The van der Waals surface area contributed by atoms with Gasteiger partial charge < -0.3 is 9.30 Å². The van der Waals surface area contributed by atoms with Crippen LogP contribution in [0.4, 0.5) is 26.3 Å². The molecule has 0 saturated carbocycles. The molecule has 1 unspecified atom stereocenters. The molecule has 1 atom stereocenters. The molecular formula is C17H14BrCl2F6NO. The minimum absolute atomic E-state index is 0.0153. The molecule has 0 bridgehead atoms. The number of hydrogen-bond donors (Lipinski definition) is 0. The highest BCUT2D eigenvalue weighted by molar-refractivity contribution is 9.10. The van der Waals surface area contributed by atoms with Crippen molar-refractivity contribution in [1.82, 2.24) is 4.57 Å². The highest BCUT2D eigenvalue weighted by Gasteiger charge is 2.50. The molecule has 28 heavy (non-hydrogen) atoms. The van der Waals surface area contributed by atoms with E-state index in [1.807, 2.05) is 0 Å². The van der Waals surface area contributed by atoms with Crippen LogP contribution in [0.25, 0.3) is 11.3 Å². The predicted octanol–water partition coefficient (Wildman–Crippen LogP) is 8.21. The normalized spacial score (nSPS) is 14.0. The van der Waals surface area contributed by atoms with Gasteiger partial charge in [0.05, 0.1) is 26.3 Å². The van der Waals surface area contributed by atoms with Crippen molar-refractivity contribution >= 4 is 39.1 Å². The van der Waals surface area contributed by atoms with Crippen LogP contribution in [0.3, 0.4) is 0 Å². The molecule has 1 heterocycles. The molecule has 0 N–H and O–H groups in total. The van der Waals surface area contributed by atoms with E-state index in [-0.39, 0.29) is 21.3 Å². The quantitative estimate of drug-likeness (QED) is 0.376. The van der Waals surface area contributed by atoms with Gasteiger partial charge in [-0.2, -0.15) is 26.3 Å². The second-order valence-corrected chi connectivity index (χ2v) is 7.77. The van der Waals surface area contributed by atoms with Gasteiger partial charge in [-0.15, -0.1) is 0 Å². The molecule has 0 fully saturated rings. The van der Waals surface area contributed by atoms with Gasteiger partial charge in [-0.25, -0.2) is 0 Å². The van der Waals surface area contributed by atoms with E-state index < -0.39 is 40.4 Å². The number of rotatable bonds is 4. The molecule has 11 heteroatoms. The van der Waals surface area contributed by atoms with E-state index in [1.165, 1.54) is 25.1 Å². The number of halogens is 9. The van der Waals surface area contributed by atoms with Crippen LogP contribution in [0.2, 0.25) is 10.0 Å². The van der Waals surface area contributed by atoms with Crippen molar-refractivity contribution < 1.29 is 31.1 Å². The van der Waals surface area contributed by atoms with Crippen LogP contribution in [0, 0.1) is 0 Å². The van der Waals surface area contributed by atoms with Crippen molar-refractivity contribution in [2.24, 2.45) is 0 Å². The van der Waals surface area contributed by atoms with Crippen LogP contribution in [-0.4, -0.2) is 10.7 Å². The van der Waals surface area contributed by atoms with Gasteiger partial charge in [-0.1, -0.05) is 29.3 Å². The van der Waals surface area contributed by atoms with E-state index >= 15 is 0 Å². The summed E-state index contributed by atoms with van der Waals surface area (Å²) in [5, 5.41) is 0.0941. The molecule has 2 aromatic rings. The monoisotopic (exact) mass is 511 g/mol. The highest BCUT2D eigenvalue weighted by Crippen LogP contribution is 2.51. The zero-order valence-corrected chi connectivity index (χ0v) is 17.7. The Kier molecular flexibility index (Phi) is 6.75. The average molecular weight is 513 g/mol. The maximum atomic E-state index is 13.7. The van der Waals surface area contributed by atoms with Crippen LogP contribution in [0.5, 0.6) is 0 Å². The zero-order valence-electron chi connectivity index (χ0n) is 14.6. The summed E-state index contributed by atoms with van der Waals surface area (Å²) in [5.41, 5.74) is -4.05. The van der Waals surface area contributed by atoms with E-state index in [9.17, 15) is 26.3 Å². The fourth-order valence-electron chi connectivity index (χ4n) is 2.82. The first-order valence-corrected chi connectivity index (χ1v) is 9.40. The molecule has 1 aromatic heterocycles. The lowest BCUT2D eigenvalue weighted by molar-refractivity contribution is -0.169. The summed E-state index contributed by atoms with van der Waals surface area (Å²) >= 11 is 14.5. The molecule has 0 spiro atoms. The Morgan fingerprint density at radius 2 is 1.54 bits per heavy atom. The third-order valence-corrected chi connectivity index (χ3v) is 5.23. The fraction of sp³-hybridized carbons (Fsp3) is 0.412. The summed E-state index contributed by atoms with van der Waals surface area (Å²) in [6.07, 6.45) is -12.4. The van der Waals surface area contributed by atoms with Crippen LogP contribution in [-0.2, 0) is 17.1 Å². The molecule has 0 aliphatic heterocycles. The molecule has 156 valence electrons. The molecular weight excluding hydrogens is 499 g/mol. The topological polar surface area (TPSA) is 14.2 Å². The molecule has 0 aliphatic carbocycles. The van der Waals surface area contributed by atoms with Crippen LogP contribution >= 0.6 is 39.1 Å². The third kappa shape index (κ3) is 4.63. The smallest absolute Gasteiger partial charge is 0.356 e.